The zero-order valence-corrected chi connectivity index (χ0v) is 15.9. The van der Waals surface area contributed by atoms with E-state index < -0.39 is 11.9 Å². The maximum absolute atomic E-state index is 13.8. The van der Waals surface area contributed by atoms with Crippen LogP contribution in [-0.4, -0.2) is 44.4 Å². The van der Waals surface area contributed by atoms with Crippen LogP contribution in [0.4, 0.5) is 4.39 Å². The number of guanidine groups is 1. The van der Waals surface area contributed by atoms with Crippen molar-refractivity contribution in [3.63, 3.8) is 0 Å². The third-order valence-corrected chi connectivity index (χ3v) is 5.14. The second-order valence-corrected chi connectivity index (χ2v) is 7.06. The summed E-state index contributed by atoms with van der Waals surface area (Å²) in [5, 5.41) is 16.6. The second kappa shape index (κ2) is 10.5. The van der Waals surface area contributed by atoms with Crippen LogP contribution in [0.25, 0.3) is 0 Å². The zero-order chi connectivity index (χ0) is 18.8. The summed E-state index contributed by atoms with van der Waals surface area (Å²) in [5.74, 6) is 0.264. The molecule has 0 aliphatic heterocycles. The molecule has 5 nitrogen and oxygen atoms in total. The molecule has 2 rings (SSSR count). The lowest BCUT2D eigenvalue weighted by Gasteiger charge is -2.27. The van der Waals surface area contributed by atoms with Crippen LogP contribution in [-0.2, 0) is 4.74 Å². The Kier molecular flexibility index (Phi) is 8.32. The first-order valence-electron chi connectivity index (χ1n) is 9.54. The fourth-order valence-electron chi connectivity index (χ4n) is 3.57. The highest BCUT2D eigenvalue weighted by Crippen LogP contribution is 2.41. The van der Waals surface area contributed by atoms with Crippen molar-refractivity contribution in [3.05, 3.63) is 35.6 Å². The standard InChI is InChI=1S/C20H32FN3O2/c1-3-22-19(23-14-18(25)16-8-4-5-9-17(16)21)24-15-20(12-13-26-2)10-6-7-11-20/h4-5,8-9,18,25H,3,6-7,10-15H2,1-2H3,(H2,22,23,24). The van der Waals surface area contributed by atoms with Crippen molar-refractivity contribution in [1.82, 2.24) is 10.6 Å². The van der Waals surface area contributed by atoms with Crippen LogP contribution >= 0.6 is 0 Å². The molecule has 0 radical (unpaired) electrons. The molecule has 1 unspecified atom stereocenters. The van der Waals surface area contributed by atoms with Gasteiger partial charge in [-0.3, -0.25) is 4.99 Å². The monoisotopic (exact) mass is 365 g/mol. The highest BCUT2D eigenvalue weighted by molar-refractivity contribution is 5.79. The molecule has 6 heteroatoms. The van der Waals surface area contributed by atoms with Gasteiger partial charge in [-0.25, -0.2) is 4.39 Å². The number of halogens is 1. The lowest BCUT2D eigenvalue weighted by Crippen LogP contribution is -2.40. The molecule has 1 aliphatic carbocycles. The maximum Gasteiger partial charge on any atom is 0.191 e. The van der Waals surface area contributed by atoms with Gasteiger partial charge in [0.2, 0.25) is 0 Å². The number of benzene rings is 1. The maximum atomic E-state index is 13.8. The molecule has 0 bridgehead atoms. The fourth-order valence-corrected chi connectivity index (χ4v) is 3.57. The topological polar surface area (TPSA) is 65.9 Å². The van der Waals surface area contributed by atoms with Gasteiger partial charge in [0.15, 0.2) is 5.96 Å². The number of aliphatic imine (C=N–C) groups is 1. The van der Waals surface area contributed by atoms with Crippen LogP contribution in [0.1, 0.15) is 50.7 Å². The first kappa shape index (κ1) is 20.6. The highest BCUT2D eigenvalue weighted by atomic mass is 19.1. The van der Waals surface area contributed by atoms with E-state index in [-0.39, 0.29) is 12.0 Å². The summed E-state index contributed by atoms with van der Waals surface area (Å²) in [4.78, 5) is 4.74. The lowest BCUT2D eigenvalue weighted by molar-refractivity contribution is 0.141. The van der Waals surface area contributed by atoms with Gasteiger partial charge < -0.3 is 20.5 Å². The average Bonchev–Trinajstić information content (AvgIpc) is 3.11. The summed E-state index contributed by atoms with van der Waals surface area (Å²) < 4.78 is 19.1. The zero-order valence-electron chi connectivity index (χ0n) is 15.9. The van der Waals surface area contributed by atoms with Crippen LogP contribution in [0, 0.1) is 11.2 Å². The van der Waals surface area contributed by atoms with Gasteiger partial charge in [0.25, 0.3) is 0 Å². The summed E-state index contributed by atoms with van der Waals surface area (Å²) in [5.41, 5.74) is 0.505. The van der Waals surface area contributed by atoms with Gasteiger partial charge in [-0.15, -0.1) is 0 Å². The molecule has 1 atom stereocenters. The molecular formula is C20H32FN3O2. The molecule has 3 N–H and O–H groups in total. The molecule has 1 saturated carbocycles. The van der Waals surface area contributed by atoms with E-state index in [1.165, 1.54) is 31.7 Å². The number of rotatable bonds is 9. The van der Waals surface area contributed by atoms with Crippen LogP contribution in [0.5, 0.6) is 0 Å². The predicted octanol–water partition coefficient (Wildman–Crippen LogP) is 3.01. The minimum atomic E-state index is -0.922. The Morgan fingerprint density at radius 1 is 1.31 bits per heavy atom. The summed E-state index contributed by atoms with van der Waals surface area (Å²) in [6, 6.07) is 6.30. The van der Waals surface area contributed by atoms with E-state index in [4.69, 9.17) is 9.73 Å². The van der Waals surface area contributed by atoms with E-state index in [9.17, 15) is 9.50 Å². The number of hydrogen-bond acceptors (Lipinski definition) is 3. The van der Waals surface area contributed by atoms with E-state index in [1.54, 1.807) is 25.3 Å². The second-order valence-electron chi connectivity index (χ2n) is 7.06. The van der Waals surface area contributed by atoms with Gasteiger partial charge in [-0.05, 0) is 37.7 Å². The number of nitrogens with zero attached hydrogens (tertiary/aromatic N) is 1. The van der Waals surface area contributed by atoms with E-state index >= 15 is 0 Å². The molecule has 1 aliphatic rings. The van der Waals surface area contributed by atoms with Crippen molar-refractivity contribution in [2.75, 3.05) is 33.4 Å². The third-order valence-electron chi connectivity index (χ3n) is 5.14. The van der Waals surface area contributed by atoms with Gasteiger partial charge in [0.05, 0.1) is 6.10 Å². The lowest BCUT2D eigenvalue weighted by atomic mass is 9.83. The first-order chi connectivity index (χ1) is 12.6. The number of methoxy groups -OCH3 is 1. The summed E-state index contributed by atoms with van der Waals surface area (Å²) >= 11 is 0. The molecule has 0 spiro atoms. The van der Waals surface area contributed by atoms with E-state index in [0.717, 1.165) is 26.1 Å². The first-order valence-corrected chi connectivity index (χ1v) is 9.54. The van der Waals surface area contributed by atoms with Crippen LogP contribution < -0.4 is 10.6 Å². The molecule has 1 aromatic carbocycles. The van der Waals surface area contributed by atoms with Crippen molar-refractivity contribution in [2.24, 2.45) is 10.4 Å². The third kappa shape index (κ3) is 5.95. The highest BCUT2D eigenvalue weighted by Gasteiger charge is 2.33. The average molecular weight is 365 g/mol. The Bertz CT molecular complexity index is 574. The Morgan fingerprint density at radius 3 is 2.69 bits per heavy atom. The quantitative estimate of drug-likeness (QED) is 0.465. The Morgan fingerprint density at radius 2 is 2.04 bits per heavy atom. The van der Waals surface area contributed by atoms with Crippen molar-refractivity contribution < 1.29 is 14.2 Å². The van der Waals surface area contributed by atoms with Crippen molar-refractivity contribution in [3.8, 4) is 0 Å². The number of aliphatic hydroxyl groups is 1. The van der Waals surface area contributed by atoms with Crippen molar-refractivity contribution >= 4 is 5.96 Å². The van der Waals surface area contributed by atoms with Crippen molar-refractivity contribution in [2.45, 2.75) is 45.1 Å². The van der Waals surface area contributed by atoms with Gasteiger partial charge in [0.1, 0.15) is 5.82 Å². The smallest absolute Gasteiger partial charge is 0.191 e. The normalized spacial score (nSPS) is 17.9. The summed E-state index contributed by atoms with van der Waals surface area (Å²) in [7, 11) is 1.74. The summed E-state index contributed by atoms with van der Waals surface area (Å²) in [6.07, 6.45) is 4.94. The number of aliphatic hydroxyl groups excluding tert-OH is 1. The summed E-state index contributed by atoms with van der Waals surface area (Å²) in [6.45, 7) is 4.43. The van der Waals surface area contributed by atoms with Crippen molar-refractivity contribution in [1.29, 1.82) is 0 Å². The van der Waals surface area contributed by atoms with Crippen LogP contribution in [0.15, 0.2) is 29.3 Å². The van der Waals surface area contributed by atoms with E-state index in [0.29, 0.717) is 11.5 Å². The fraction of sp³-hybridized carbons (Fsp3) is 0.650. The van der Waals surface area contributed by atoms with Crippen LogP contribution in [0.2, 0.25) is 0 Å². The number of hydrogen-bond donors (Lipinski definition) is 3. The van der Waals surface area contributed by atoms with Gasteiger partial charge in [-0.2, -0.15) is 0 Å². The molecule has 0 saturated heterocycles. The molecule has 146 valence electrons. The number of nitrogens with one attached hydrogen (secondary N) is 2. The van der Waals surface area contributed by atoms with E-state index in [2.05, 4.69) is 10.6 Å². The Balaban J connectivity index is 1.96. The minimum absolute atomic E-state index is 0.206. The molecule has 0 aromatic heterocycles. The SMILES string of the molecule is CCNC(=NCC1(CCOC)CCCC1)NCC(O)c1ccccc1F. The molecule has 26 heavy (non-hydrogen) atoms. The number of ether oxygens (including phenoxy) is 1. The Hall–Kier alpha value is -1.66. The van der Waals surface area contributed by atoms with Crippen LogP contribution in [0.3, 0.4) is 0 Å². The van der Waals surface area contributed by atoms with Gasteiger partial charge >= 0.3 is 0 Å². The van der Waals surface area contributed by atoms with Gasteiger partial charge in [-0.1, -0.05) is 31.0 Å². The predicted molar refractivity (Wildman–Crippen MR) is 103 cm³/mol. The molecular weight excluding hydrogens is 333 g/mol. The van der Waals surface area contributed by atoms with E-state index in [1.807, 2.05) is 6.92 Å². The Labute approximate surface area is 156 Å². The largest absolute Gasteiger partial charge is 0.386 e. The van der Waals surface area contributed by atoms with Gasteiger partial charge in [0, 0.05) is 38.9 Å². The molecule has 1 fully saturated rings. The molecule has 0 heterocycles. The molecule has 0 amide bonds. The minimum Gasteiger partial charge on any atom is -0.386 e. The molecule has 1 aromatic rings.